The molecule has 3 heteroatoms. The van der Waals surface area contributed by atoms with Crippen molar-refractivity contribution in [2.75, 3.05) is 26.4 Å². The number of anilines is 1. The molecule has 0 unspecified atom stereocenters. The first-order valence-corrected chi connectivity index (χ1v) is 6.83. The smallest absolute Gasteiger partial charge is 0.118 e. The number of nitrogen functional groups attached to an aromatic ring is 1. The van der Waals surface area contributed by atoms with E-state index in [2.05, 4.69) is 30.1 Å². The molecular weight excluding hydrogens is 248 g/mol. The molecule has 0 atom stereocenters. The van der Waals surface area contributed by atoms with Crippen LogP contribution in [0.1, 0.15) is 11.1 Å². The predicted octanol–water partition coefficient (Wildman–Crippen LogP) is 2.95. The number of ether oxygens (including phenoxy) is 1. The Hall–Kier alpha value is -2.00. The van der Waals surface area contributed by atoms with Crippen LogP contribution in [0.4, 0.5) is 5.69 Å². The molecule has 0 bridgehead atoms. The molecule has 0 fully saturated rings. The third-order valence-corrected chi connectivity index (χ3v) is 3.34. The van der Waals surface area contributed by atoms with E-state index in [9.17, 15) is 0 Å². The van der Waals surface area contributed by atoms with Crippen LogP contribution in [0.2, 0.25) is 0 Å². The fourth-order valence-electron chi connectivity index (χ4n) is 2.19. The summed E-state index contributed by atoms with van der Waals surface area (Å²) in [5.41, 5.74) is 9.20. The van der Waals surface area contributed by atoms with Crippen molar-refractivity contribution in [1.82, 2.24) is 4.90 Å². The second-order valence-corrected chi connectivity index (χ2v) is 5.08. The van der Waals surface area contributed by atoms with Crippen molar-refractivity contribution >= 4 is 5.69 Å². The standard InChI is InChI=1S/C17H22N2O/c1-19(13-15-4-3-5-16(18)12-15)11-10-14-6-8-17(20-2)9-7-14/h3-9,12H,10-11,13,18H2,1-2H3. The van der Waals surface area contributed by atoms with Crippen LogP contribution in [-0.2, 0) is 13.0 Å². The highest BCUT2D eigenvalue weighted by Crippen LogP contribution is 2.13. The molecular formula is C17H22N2O. The maximum atomic E-state index is 5.80. The van der Waals surface area contributed by atoms with Crippen LogP contribution in [0.5, 0.6) is 5.75 Å². The lowest BCUT2D eigenvalue weighted by atomic mass is 10.1. The zero-order valence-corrected chi connectivity index (χ0v) is 12.2. The van der Waals surface area contributed by atoms with E-state index in [1.54, 1.807) is 7.11 Å². The Kier molecular flexibility index (Phi) is 5.02. The van der Waals surface area contributed by atoms with Gasteiger partial charge in [0.25, 0.3) is 0 Å². The Labute approximate surface area is 121 Å². The number of nitrogens with two attached hydrogens (primary N) is 1. The SMILES string of the molecule is COc1ccc(CCN(C)Cc2cccc(N)c2)cc1. The summed E-state index contributed by atoms with van der Waals surface area (Å²) >= 11 is 0. The summed E-state index contributed by atoms with van der Waals surface area (Å²) in [7, 11) is 3.82. The highest BCUT2D eigenvalue weighted by molar-refractivity contribution is 5.40. The minimum absolute atomic E-state index is 0.825. The molecule has 3 nitrogen and oxygen atoms in total. The van der Waals surface area contributed by atoms with Crippen LogP contribution in [-0.4, -0.2) is 25.6 Å². The molecule has 2 aromatic rings. The van der Waals surface area contributed by atoms with Gasteiger partial charge in [-0.1, -0.05) is 24.3 Å². The van der Waals surface area contributed by atoms with Crippen LogP contribution in [0.25, 0.3) is 0 Å². The number of hydrogen-bond acceptors (Lipinski definition) is 3. The summed E-state index contributed by atoms with van der Waals surface area (Å²) in [5, 5.41) is 0. The second kappa shape index (κ2) is 6.96. The van der Waals surface area contributed by atoms with Gasteiger partial charge in [0.1, 0.15) is 5.75 Å². The van der Waals surface area contributed by atoms with Crippen molar-refractivity contribution in [3.63, 3.8) is 0 Å². The van der Waals surface area contributed by atoms with Crippen molar-refractivity contribution in [2.45, 2.75) is 13.0 Å². The van der Waals surface area contributed by atoms with Gasteiger partial charge < -0.3 is 15.4 Å². The fraction of sp³-hybridized carbons (Fsp3) is 0.294. The van der Waals surface area contributed by atoms with E-state index in [-0.39, 0.29) is 0 Å². The van der Waals surface area contributed by atoms with Crippen molar-refractivity contribution in [2.24, 2.45) is 0 Å². The minimum Gasteiger partial charge on any atom is -0.497 e. The number of nitrogens with zero attached hydrogens (tertiary/aromatic N) is 1. The molecule has 0 heterocycles. The molecule has 0 saturated heterocycles. The maximum absolute atomic E-state index is 5.80. The molecule has 0 aliphatic rings. The van der Waals surface area contributed by atoms with Gasteiger partial charge in [0.2, 0.25) is 0 Å². The van der Waals surface area contributed by atoms with E-state index in [1.165, 1.54) is 11.1 Å². The normalized spacial score (nSPS) is 10.8. The lowest BCUT2D eigenvalue weighted by Crippen LogP contribution is -2.20. The molecule has 0 amide bonds. The van der Waals surface area contributed by atoms with Crippen LogP contribution >= 0.6 is 0 Å². The van der Waals surface area contributed by atoms with Gasteiger partial charge in [0.05, 0.1) is 7.11 Å². The number of rotatable bonds is 6. The van der Waals surface area contributed by atoms with Crippen molar-refractivity contribution in [3.8, 4) is 5.75 Å². The summed E-state index contributed by atoms with van der Waals surface area (Å²) in [5.74, 6) is 0.905. The summed E-state index contributed by atoms with van der Waals surface area (Å²) in [4.78, 5) is 2.30. The van der Waals surface area contributed by atoms with E-state index in [1.807, 2.05) is 30.3 Å². The molecule has 106 valence electrons. The third-order valence-electron chi connectivity index (χ3n) is 3.34. The van der Waals surface area contributed by atoms with E-state index >= 15 is 0 Å². The average molecular weight is 270 g/mol. The molecule has 2 rings (SSSR count). The monoisotopic (exact) mass is 270 g/mol. The molecule has 2 N–H and O–H groups in total. The van der Waals surface area contributed by atoms with Gasteiger partial charge in [-0.05, 0) is 48.9 Å². The average Bonchev–Trinajstić information content (AvgIpc) is 2.46. The Balaban J connectivity index is 1.83. The van der Waals surface area contributed by atoms with Gasteiger partial charge in [-0.25, -0.2) is 0 Å². The van der Waals surface area contributed by atoms with Gasteiger partial charge in [-0.3, -0.25) is 0 Å². The Morgan fingerprint density at radius 3 is 2.45 bits per heavy atom. The quantitative estimate of drug-likeness (QED) is 0.820. The topological polar surface area (TPSA) is 38.5 Å². The first-order chi connectivity index (χ1) is 9.67. The van der Waals surface area contributed by atoms with Crippen LogP contribution in [0, 0.1) is 0 Å². The number of benzene rings is 2. The predicted molar refractivity (Wildman–Crippen MR) is 83.9 cm³/mol. The van der Waals surface area contributed by atoms with Crippen molar-refractivity contribution in [1.29, 1.82) is 0 Å². The van der Waals surface area contributed by atoms with Gasteiger partial charge >= 0.3 is 0 Å². The number of methoxy groups -OCH3 is 1. The van der Waals surface area contributed by atoms with Gasteiger partial charge in [-0.2, -0.15) is 0 Å². The zero-order chi connectivity index (χ0) is 14.4. The van der Waals surface area contributed by atoms with Gasteiger partial charge in [0, 0.05) is 18.8 Å². The number of hydrogen-bond donors (Lipinski definition) is 1. The van der Waals surface area contributed by atoms with Crippen LogP contribution in [0.3, 0.4) is 0 Å². The summed E-state index contributed by atoms with van der Waals surface area (Å²) in [6.07, 6.45) is 1.03. The third kappa shape index (κ3) is 4.28. The highest BCUT2D eigenvalue weighted by atomic mass is 16.5. The summed E-state index contributed by atoms with van der Waals surface area (Å²) in [6, 6.07) is 16.3. The van der Waals surface area contributed by atoms with E-state index in [0.717, 1.165) is 30.9 Å². The maximum Gasteiger partial charge on any atom is 0.118 e. The van der Waals surface area contributed by atoms with Crippen LogP contribution < -0.4 is 10.5 Å². The van der Waals surface area contributed by atoms with E-state index in [4.69, 9.17) is 10.5 Å². The summed E-state index contributed by atoms with van der Waals surface area (Å²) < 4.78 is 5.16. The number of likely N-dealkylation sites (N-methyl/N-ethyl adjacent to an activating group) is 1. The molecule has 20 heavy (non-hydrogen) atoms. The van der Waals surface area contributed by atoms with E-state index in [0.29, 0.717) is 0 Å². The largest absolute Gasteiger partial charge is 0.497 e. The Morgan fingerprint density at radius 2 is 1.80 bits per heavy atom. The molecule has 0 aliphatic heterocycles. The first kappa shape index (κ1) is 14.4. The van der Waals surface area contributed by atoms with Gasteiger partial charge in [-0.15, -0.1) is 0 Å². The van der Waals surface area contributed by atoms with Crippen LogP contribution in [0.15, 0.2) is 48.5 Å². The fourth-order valence-corrected chi connectivity index (χ4v) is 2.19. The molecule has 0 spiro atoms. The van der Waals surface area contributed by atoms with E-state index < -0.39 is 0 Å². The lowest BCUT2D eigenvalue weighted by Gasteiger charge is -2.17. The molecule has 0 aromatic heterocycles. The summed E-state index contributed by atoms with van der Waals surface area (Å²) in [6.45, 7) is 1.93. The molecule has 2 aromatic carbocycles. The first-order valence-electron chi connectivity index (χ1n) is 6.83. The highest BCUT2D eigenvalue weighted by Gasteiger charge is 2.02. The Morgan fingerprint density at radius 1 is 1.05 bits per heavy atom. The minimum atomic E-state index is 0.825. The van der Waals surface area contributed by atoms with Crippen molar-refractivity contribution in [3.05, 3.63) is 59.7 Å². The molecule has 0 aliphatic carbocycles. The zero-order valence-electron chi connectivity index (χ0n) is 12.2. The lowest BCUT2D eigenvalue weighted by molar-refractivity contribution is 0.331. The second-order valence-electron chi connectivity index (χ2n) is 5.08. The molecule has 0 radical (unpaired) electrons. The van der Waals surface area contributed by atoms with Gasteiger partial charge in [0.15, 0.2) is 0 Å². The molecule has 0 saturated carbocycles. The van der Waals surface area contributed by atoms with Crippen molar-refractivity contribution < 1.29 is 4.74 Å². The Bertz CT molecular complexity index is 537.